The number of aromatic nitrogens is 1. The van der Waals surface area contributed by atoms with Crippen LogP contribution in [0.5, 0.6) is 0 Å². The molecule has 0 unspecified atom stereocenters. The zero-order valence-electron chi connectivity index (χ0n) is 14.6. The Hall–Kier alpha value is -2.11. The van der Waals surface area contributed by atoms with Crippen LogP contribution in [0.25, 0.3) is 0 Å². The van der Waals surface area contributed by atoms with Gasteiger partial charge in [-0.05, 0) is 12.1 Å². The van der Waals surface area contributed by atoms with Gasteiger partial charge in [0.25, 0.3) is 11.8 Å². The highest BCUT2D eigenvalue weighted by atomic mass is 16.5. The van der Waals surface area contributed by atoms with Crippen LogP contribution in [-0.2, 0) is 14.3 Å². The van der Waals surface area contributed by atoms with Gasteiger partial charge in [0.05, 0.1) is 13.2 Å². The maximum Gasteiger partial charge on any atom is 0.269 e. The highest BCUT2D eigenvalue weighted by Crippen LogP contribution is 2.23. The Balaban J connectivity index is 1.64. The molecule has 2 fully saturated rings. The third-order valence-corrected chi connectivity index (χ3v) is 4.64. The van der Waals surface area contributed by atoms with Gasteiger partial charge in [-0.15, -0.1) is 0 Å². The molecule has 1 aromatic heterocycles. The van der Waals surface area contributed by atoms with Crippen molar-refractivity contribution in [3.8, 4) is 0 Å². The minimum Gasteiger partial charge on any atom is -0.388 e. The highest BCUT2D eigenvalue weighted by Gasteiger charge is 2.47. The average Bonchev–Trinajstić information content (AvgIpc) is 2.72. The van der Waals surface area contributed by atoms with Gasteiger partial charge >= 0.3 is 0 Å². The van der Waals surface area contributed by atoms with Crippen molar-refractivity contribution in [2.24, 2.45) is 0 Å². The van der Waals surface area contributed by atoms with Crippen molar-refractivity contribution in [3.05, 3.63) is 30.1 Å². The van der Waals surface area contributed by atoms with Gasteiger partial charge < -0.3 is 35.0 Å². The summed E-state index contributed by atoms with van der Waals surface area (Å²) in [5.41, 5.74) is 0.185. The quantitative estimate of drug-likeness (QED) is 0.449. The van der Waals surface area contributed by atoms with Crippen molar-refractivity contribution in [2.45, 2.75) is 30.5 Å². The Labute approximate surface area is 155 Å². The topological polar surface area (TPSA) is 141 Å². The lowest BCUT2D eigenvalue weighted by molar-refractivity contribution is -0.224. The second kappa shape index (κ2) is 8.72. The van der Waals surface area contributed by atoms with Gasteiger partial charge in [0.2, 0.25) is 0 Å². The number of carbonyl (C=O) groups is 2. The fourth-order valence-electron chi connectivity index (χ4n) is 3.07. The molecule has 0 spiro atoms. The summed E-state index contributed by atoms with van der Waals surface area (Å²) in [6, 6.07) is 4.85. The summed E-state index contributed by atoms with van der Waals surface area (Å²) in [4.78, 5) is 30.1. The van der Waals surface area contributed by atoms with Crippen LogP contribution in [0.2, 0.25) is 0 Å². The molecule has 0 radical (unpaired) electrons. The van der Waals surface area contributed by atoms with Crippen molar-refractivity contribution in [2.75, 3.05) is 32.8 Å². The van der Waals surface area contributed by atoms with E-state index in [1.54, 1.807) is 12.1 Å². The summed E-state index contributed by atoms with van der Waals surface area (Å²) in [7, 11) is 0. The number of amides is 2. The van der Waals surface area contributed by atoms with Crippen LogP contribution in [-0.4, -0.2) is 100 Å². The fourth-order valence-corrected chi connectivity index (χ4v) is 3.07. The third-order valence-electron chi connectivity index (χ3n) is 4.64. The maximum absolute atomic E-state index is 12.6. The Morgan fingerprint density at radius 2 is 1.89 bits per heavy atom. The minimum atomic E-state index is -1.58. The summed E-state index contributed by atoms with van der Waals surface area (Å²) in [6.07, 6.45) is -5.54. The zero-order chi connectivity index (χ0) is 19.4. The van der Waals surface area contributed by atoms with E-state index >= 15 is 0 Å². The fraction of sp³-hybridized carbons (Fsp3) is 0.588. The first-order valence-electron chi connectivity index (χ1n) is 8.74. The SMILES string of the molecule is O=C(NC[C@@H]1O[C@H](C(=O)N2CCOCC2)[C@H](O)[C@H](O)[C@H]1O)c1ccccn1. The number of nitrogens with zero attached hydrogens (tertiary/aromatic N) is 2. The number of aliphatic hydroxyl groups excluding tert-OH is 3. The Morgan fingerprint density at radius 1 is 1.15 bits per heavy atom. The predicted octanol–water partition coefficient (Wildman–Crippen LogP) is -2.48. The first kappa shape index (κ1) is 19.6. The number of carbonyl (C=O) groups excluding carboxylic acids is 2. The summed E-state index contributed by atoms with van der Waals surface area (Å²) in [5, 5.41) is 33.0. The van der Waals surface area contributed by atoms with E-state index in [1.807, 2.05) is 0 Å². The van der Waals surface area contributed by atoms with Crippen LogP contribution in [0, 0.1) is 0 Å². The van der Waals surface area contributed by atoms with Gasteiger partial charge in [-0.1, -0.05) is 6.07 Å². The molecule has 148 valence electrons. The molecular weight excluding hydrogens is 358 g/mol. The molecule has 3 rings (SSSR count). The molecule has 3 heterocycles. The summed E-state index contributed by atoms with van der Waals surface area (Å²) >= 11 is 0. The smallest absolute Gasteiger partial charge is 0.269 e. The largest absolute Gasteiger partial charge is 0.388 e. The monoisotopic (exact) mass is 381 g/mol. The number of hydrogen-bond acceptors (Lipinski definition) is 8. The number of hydrogen-bond donors (Lipinski definition) is 4. The number of ether oxygens (including phenoxy) is 2. The molecule has 0 aromatic carbocycles. The van der Waals surface area contributed by atoms with E-state index in [9.17, 15) is 24.9 Å². The van der Waals surface area contributed by atoms with E-state index in [4.69, 9.17) is 9.47 Å². The molecule has 2 aliphatic heterocycles. The molecule has 0 saturated carbocycles. The lowest BCUT2D eigenvalue weighted by atomic mass is 9.94. The van der Waals surface area contributed by atoms with Crippen molar-refractivity contribution in [1.82, 2.24) is 15.2 Å². The number of aliphatic hydroxyl groups is 3. The summed E-state index contributed by atoms with van der Waals surface area (Å²) in [5.74, 6) is -0.971. The van der Waals surface area contributed by atoms with Gasteiger partial charge in [0.1, 0.15) is 30.1 Å². The van der Waals surface area contributed by atoms with Gasteiger partial charge in [0.15, 0.2) is 6.10 Å². The average molecular weight is 381 g/mol. The van der Waals surface area contributed by atoms with Crippen LogP contribution < -0.4 is 5.32 Å². The van der Waals surface area contributed by atoms with Crippen molar-refractivity contribution in [1.29, 1.82) is 0 Å². The van der Waals surface area contributed by atoms with Crippen molar-refractivity contribution >= 4 is 11.8 Å². The van der Waals surface area contributed by atoms with Gasteiger partial charge in [-0.2, -0.15) is 0 Å². The molecule has 10 nitrogen and oxygen atoms in total. The first-order valence-corrected chi connectivity index (χ1v) is 8.74. The van der Waals surface area contributed by atoms with Crippen LogP contribution >= 0.6 is 0 Å². The maximum atomic E-state index is 12.6. The standard InChI is InChI=1S/C17H23N3O7/c21-12-11(9-19-16(24)10-3-1-2-4-18-10)27-15(14(23)13(12)22)17(25)20-5-7-26-8-6-20/h1-4,11-15,21-23H,5-9H2,(H,19,24)/t11-,12-,13+,14+,15-/m0/s1. The van der Waals surface area contributed by atoms with Crippen molar-refractivity contribution < 1.29 is 34.4 Å². The molecule has 2 aliphatic rings. The van der Waals surface area contributed by atoms with E-state index in [0.29, 0.717) is 26.3 Å². The number of morpholine rings is 1. The molecule has 5 atom stereocenters. The number of nitrogens with one attached hydrogen (secondary N) is 1. The predicted molar refractivity (Wildman–Crippen MR) is 90.7 cm³/mol. The highest BCUT2D eigenvalue weighted by molar-refractivity contribution is 5.92. The van der Waals surface area contributed by atoms with Crippen LogP contribution in [0.3, 0.4) is 0 Å². The molecule has 2 amide bonds. The second-order valence-electron chi connectivity index (χ2n) is 6.43. The molecular formula is C17H23N3O7. The summed E-state index contributed by atoms with van der Waals surface area (Å²) in [6.45, 7) is 1.30. The summed E-state index contributed by atoms with van der Waals surface area (Å²) < 4.78 is 10.7. The lowest BCUT2D eigenvalue weighted by Gasteiger charge is -2.42. The van der Waals surface area contributed by atoms with E-state index < -0.39 is 42.3 Å². The molecule has 0 aliphatic carbocycles. The van der Waals surface area contributed by atoms with Gasteiger partial charge in [0, 0.05) is 25.8 Å². The molecule has 27 heavy (non-hydrogen) atoms. The third kappa shape index (κ3) is 4.42. The van der Waals surface area contributed by atoms with Crippen molar-refractivity contribution in [3.63, 3.8) is 0 Å². The van der Waals surface area contributed by atoms with Gasteiger partial charge in [-0.3, -0.25) is 14.6 Å². The minimum absolute atomic E-state index is 0.159. The molecule has 4 N–H and O–H groups in total. The lowest BCUT2D eigenvalue weighted by Crippen LogP contribution is -2.64. The zero-order valence-corrected chi connectivity index (χ0v) is 14.6. The second-order valence-corrected chi connectivity index (χ2v) is 6.43. The van der Waals surface area contributed by atoms with E-state index in [0.717, 1.165) is 0 Å². The molecule has 1 aromatic rings. The molecule has 10 heteroatoms. The van der Waals surface area contributed by atoms with Crippen LogP contribution in [0.4, 0.5) is 0 Å². The number of pyridine rings is 1. The van der Waals surface area contributed by atoms with Gasteiger partial charge in [-0.25, -0.2) is 0 Å². The number of rotatable bonds is 4. The van der Waals surface area contributed by atoms with Crippen LogP contribution in [0.1, 0.15) is 10.5 Å². The van der Waals surface area contributed by atoms with E-state index in [2.05, 4.69) is 10.3 Å². The Bertz CT molecular complexity index is 653. The first-order chi connectivity index (χ1) is 13.0. The van der Waals surface area contributed by atoms with E-state index in [-0.39, 0.29) is 12.2 Å². The van der Waals surface area contributed by atoms with E-state index in [1.165, 1.54) is 17.2 Å². The Kier molecular flexibility index (Phi) is 6.34. The Morgan fingerprint density at radius 3 is 2.56 bits per heavy atom. The molecule has 0 bridgehead atoms. The normalized spacial score (nSPS) is 31.4. The van der Waals surface area contributed by atoms with Crippen LogP contribution in [0.15, 0.2) is 24.4 Å². The molecule has 2 saturated heterocycles.